The number of rotatable bonds is 4. The second-order valence-electron chi connectivity index (χ2n) is 4.41. The van der Waals surface area contributed by atoms with Gasteiger partial charge in [0.2, 0.25) is 0 Å². The van der Waals surface area contributed by atoms with Gasteiger partial charge >= 0.3 is 0 Å². The van der Waals surface area contributed by atoms with Crippen LogP contribution in [0.3, 0.4) is 0 Å². The average molecular weight is 250 g/mol. The Bertz CT molecular complexity index is 569. The Morgan fingerprint density at radius 1 is 0.895 bits per heavy atom. The van der Waals surface area contributed by atoms with Crippen molar-refractivity contribution >= 4 is 17.1 Å². The third-order valence-corrected chi connectivity index (χ3v) is 2.60. The van der Waals surface area contributed by atoms with Gasteiger partial charge in [-0.25, -0.2) is 0 Å². The molecule has 2 heteroatoms. The number of nitrogens with zero attached hydrogens (tertiary/aromatic N) is 1. The first-order valence-corrected chi connectivity index (χ1v) is 6.35. The monoisotopic (exact) mass is 250 g/mol. The highest BCUT2D eigenvalue weighted by Gasteiger charge is 1.93. The Morgan fingerprint density at radius 2 is 1.47 bits per heavy atom. The van der Waals surface area contributed by atoms with Crippen molar-refractivity contribution in [3.8, 4) is 0 Å². The average Bonchev–Trinajstić information content (AvgIpc) is 2.40. The summed E-state index contributed by atoms with van der Waals surface area (Å²) in [5, 5.41) is 3.34. The van der Waals surface area contributed by atoms with E-state index in [1.165, 1.54) is 0 Å². The van der Waals surface area contributed by atoms with Crippen molar-refractivity contribution < 1.29 is 0 Å². The molecule has 0 aliphatic rings. The second-order valence-corrected chi connectivity index (χ2v) is 4.41. The van der Waals surface area contributed by atoms with Gasteiger partial charge in [0.05, 0.1) is 5.69 Å². The third kappa shape index (κ3) is 4.43. The van der Waals surface area contributed by atoms with Crippen molar-refractivity contribution in [1.82, 2.24) is 0 Å². The van der Waals surface area contributed by atoms with Crippen LogP contribution < -0.4 is 5.32 Å². The largest absolute Gasteiger partial charge is 0.359 e. The number of benzene rings is 2. The van der Waals surface area contributed by atoms with Crippen molar-refractivity contribution in [1.29, 1.82) is 0 Å². The van der Waals surface area contributed by atoms with E-state index in [0.29, 0.717) is 0 Å². The zero-order valence-corrected chi connectivity index (χ0v) is 11.3. The quantitative estimate of drug-likeness (QED) is 0.775. The minimum Gasteiger partial charge on any atom is -0.359 e. The van der Waals surface area contributed by atoms with Gasteiger partial charge in [-0.15, -0.1) is 0 Å². The first-order chi connectivity index (χ1) is 9.24. The SMILES string of the molecule is C/C(=C/C(C)=N\c1ccccc1)Nc1ccccc1. The van der Waals surface area contributed by atoms with Crippen molar-refractivity contribution in [2.24, 2.45) is 4.99 Å². The summed E-state index contributed by atoms with van der Waals surface area (Å²) in [4.78, 5) is 4.54. The van der Waals surface area contributed by atoms with Gasteiger partial charge in [-0.05, 0) is 44.2 Å². The topological polar surface area (TPSA) is 24.4 Å². The van der Waals surface area contributed by atoms with Crippen LogP contribution in [0, 0.1) is 0 Å². The van der Waals surface area contributed by atoms with Crippen LogP contribution in [0.1, 0.15) is 13.8 Å². The normalized spacial score (nSPS) is 12.3. The van der Waals surface area contributed by atoms with Gasteiger partial charge in [0.25, 0.3) is 0 Å². The zero-order chi connectivity index (χ0) is 13.5. The number of aliphatic imine (C=N–C) groups is 1. The van der Waals surface area contributed by atoms with Crippen LogP contribution >= 0.6 is 0 Å². The maximum atomic E-state index is 4.54. The number of hydrogen-bond donors (Lipinski definition) is 1. The molecule has 0 spiro atoms. The summed E-state index contributed by atoms with van der Waals surface area (Å²) in [6.45, 7) is 4.04. The molecule has 0 aromatic heterocycles. The highest BCUT2D eigenvalue weighted by Crippen LogP contribution is 2.12. The van der Waals surface area contributed by atoms with Gasteiger partial charge in [0.15, 0.2) is 0 Å². The van der Waals surface area contributed by atoms with E-state index in [0.717, 1.165) is 22.8 Å². The maximum absolute atomic E-state index is 4.54. The van der Waals surface area contributed by atoms with Crippen LogP contribution in [0.4, 0.5) is 11.4 Å². The molecule has 2 rings (SSSR count). The van der Waals surface area contributed by atoms with E-state index in [1.807, 2.05) is 80.6 Å². The molecule has 0 unspecified atom stereocenters. The molecule has 0 heterocycles. The lowest BCUT2D eigenvalue weighted by atomic mass is 10.2. The number of nitrogens with one attached hydrogen (secondary N) is 1. The molecule has 0 amide bonds. The molecule has 96 valence electrons. The summed E-state index contributed by atoms with van der Waals surface area (Å²) >= 11 is 0. The molecule has 2 aromatic carbocycles. The molecule has 0 aliphatic carbocycles. The molecular weight excluding hydrogens is 232 g/mol. The van der Waals surface area contributed by atoms with E-state index in [2.05, 4.69) is 10.3 Å². The number of allylic oxidation sites excluding steroid dienone is 2. The van der Waals surface area contributed by atoms with Crippen LogP contribution in [-0.4, -0.2) is 5.71 Å². The van der Waals surface area contributed by atoms with E-state index < -0.39 is 0 Å². The lowest BCUT2D eigenvalue weighted by Crippen LogP contribution is -1.98. The van der Waals surface area contributed by atoms with Gasteiger partial charge in [0.1, 0.15) is 0 Å². The van der Waals surface area contributed by atoms with Gasteiger partial charge in [-0.1, -0.05) is 36.4 Å². The van der Waals surface area contributed by atoms with Crippen molar-refractivity contribution in [3.63, 3.8) is 0 Å². The van der Waals surface area contributed by atoms with E-state index in [-0.39, 0.29) is 0 Å². The first kappa shape index (κ1) is 13.1. The summed E-state index contributed by atoms with van der Waals surface area (Å²) in [7, 11) is 0. The fourth-order valence-corrected chi connectivity index (χ4v) is 1.84. The molecule has 0 saturated heterocycles. The molecule has 0 saturated carbocycles. The molecule has 1 N–H and O–H groups in total. The predicted molar refractivity (Wildman–Crippen MR) is 83.0 cm³/mol. The van der Waals surface area contributed by atoms with Crippen molar-refractivity contribution in [2.75, 3.05) is 5.32 Å². The minimum absolute atomic E-state index is 0.976. The fraction of sp³-hybridized carbons (Fsp3) is 0.118. The van der Waals surface area contributed by atoms with E-state index >= 15 is 0 Å². The standard InChI is InChI=1S/C17H18N2/c1-14(18-16-9-5-3-6-10-16)13-15(2)19-17-11-7-4-8-12-17/h3-13,18H,1-2H3/b14-13-,19-15-. The highest BCUT2D eigenvalue weighted by molar-refractivity contribution is 5.95. The predicted octanol–water partition coefficient (Wildman–Crippen LogP) is 4.79. The maximum Gasteiger partial charge on any atom is 0.0632 e. The Balaban J connectivity index is 2.06. The lowest BCUT2D eigenvalue weighted by molar-refractivity contribution is 1.37. The first-order valence-electron chi connectivity index (χ1n) is 6.35. The Labute approximate surface area is 114 Å². The van der Waals surface area contributed by atoms with Gasteiger partial charge in [-0.2, -0.15) is 0 Å². The number of para-hydroxylation sites is 2. The van der Waals surface area contributed by atoms with Gasteiger partial charge < -0.3 is 5.32 Å². The fourth-order valence-electron chi connectivity index (χ4n) is 1.84. The molecule has 19 heavy (non-hydrogen) atoms. The van der Waals surface area contributed by atoms with Crippen LogP contribution in [0.15, 0.2) is 77.4 Å². The molecule has 0 radical (unpaired) electrons. The van der Waals surface area contributed by atoms with Crippen molar-refractivity contribution in [3.05, 3.63) is 72.4 Å². The lowest BCUT2D eigenvalue weighted by Gasteiger charge is -2.06. The van der Waals surface area contributed by atoms with E-state index in [1.54, 1.807) is 0 Å². The van der Waals surface area contributed by atoms with Crippen LogP contribution in [0.2, 0.25) is 0 Å². The van der Waals surface area contributed by atoms with Crippen LogP contribution in [0.5, 0.6) is 0 Å². The van der Waals surface area contributed by atoms with E-state index in [9.17, 15) is 0 Å². The van der Waals surface area contributed by atoms with E-state index in [4.69, 9.17) is 0 Å². The smallest absolute Gasteiger partial charge is 0.0632 e. The highest BCUT2D eigenvalue weighted by atomic mass is 14.9. The summed E-state index contributed by atoms with van der Waals surface area (Å²) in [6, 6.07) is 20.1. The molecule has 2 aromatic rings. The summed E-state index contributed by atoms with van der Waals surface area (Å²) < 4.78 is 0. The molecule has 0 atom stereocenters. The molecule has 0 fully saturated rings. The Kier molecular flexibility index (Phi) is 4.51. The molecule has 0 bridgehead atoms. The minimum atomic E-state index is 0.976. The molecular formula is C17H18N2. The summed E-state index contributed by atoms with van der Waals surface area (Å²) in [6.07, 6.45) is 2.04. The van der Waals surface area contributed by atoms with Crippen LogP contribution in [0.25, 0.3) is 0 Å². The van der Waals surface area contributed by atoms with Crippen molar-refractivity contribution in [2.45, 2.75) is 13.8 Å². The molecule has 2 nitrogen and oxygen atoms in total. The van der Waals surface area contributed by atoms with Crippen LogP contribution in [-0.2, 0) is 0 Å². The number of anilines is 1. The molecule has 0 aliphatic heterocycles. The number of hydrogen-bond acceptors (Lipinski definition) is 2. The zero-order valence-electron chi connectivity index (χ0n) is 11.3. The van der Waals surface area contributed by atoms with Gasteiger partial charge in [0, 0.05) is 17.1 Å². The third-order valence-electron chi connectivity index (χ3n) is 2.60. The Morgan fingerprint density at radius 3 is 2.11 bits per heavy atom. The summed E-state index contributed by atoms with van der Waals surface area (Å²) in [5.41, 5.74) is 4.11. The second kappa shape index (κ2) is 6.55. The summed E-state index contributed by atoms with van der Waals surface area (Å²) in [5.74, 6) is 0. The van der Waals surface area contributed by atoms with Gasteiger partial charge in [-0.3, -0.25) is 4.99 Å². The Hall–Kier alpha value is -2.35.